The molecule has 5 rings (SSSR count). The Hall–Kier alpha value is -3.65. The quantitative estimate of drug-likeness (QED) is 0.570. The largest absolute Gasteiger partial charge is 0.443 e. The Morgan fingerprint density at radius 1 is 1.09 bits per heavy atom. The van der Waals surface area contributed by atoms with Crippen molar-refractivity contribution in [1.82, 2.24) is 14.5 Å². The molecule has 1 aromatic heterocycles. The second-order valence-corrected chi connectivity index (χ2v) is 10.3. The fraction of sp³-hybridized carbons (Fsp3) is 0.370. The summed E-state index contributed by atoms with van der Waals surface area (Å²) in [5.74, 6) is -1.14. The molecule has 2 amide bonds. The van der Waals surface area contributed by atoms with E-state index in [1.807, 2.05) is 54.6 Å². The first-order valence-electron chi connectivity index (χ1n) is 11.8. The molecule has 35 heavy (non-hydrogen) atoms. The fourth-order valence-corrected chi connectivity index (χ4v) is 5.45. The van der Waals surface area contributed by atoms with Crippen LogP contribution < -0.4 is 0 Å². The smallest absolute Gasteiger partial charge is 0.419 e. The highest BCUT2D eigenvalue weighted by molar-refractivity contribution is 5.99. The lowest BCUT2D eigenvalue weighted by Crippen LogP contribution is -2.53. The van der Waals surface area contributed by atoms with E-state index in [2.05, 4.69) is 0 Å². The number of rotatable bonds is 3. The van der Waals surface area contributed by atoms with Crippen molar-refractivity contribution in [1.29, 1.82) is 0 Å². The second-order valence-electron chi connectivity index (χ2n) is 10.3. The molecule has 3 aromatic rings. The number of nitrogens with zero attached hydrogens (tertiary/aromatic N) is 3. The molecule has 2 aliphatic rings. The minimum Gasteiger partial charge on any atom is -0.443 e. The molecule has 2 atom stereocenters. The zero-order valence-corrected chi connectivity index (χ0v) is 20.1. The standard InChI is InChI=1S/C27H29N3O5/c1-26(2,3)35-25(33)28-16-20(19-11-7-8-12-22(19)28)21-17-30(34)24(32)27(21)14-13-23(31)29(27)15-18-9-5-4-6-10-18/h4-12,16,21,34H,13-15,17H2,1-3H3/t21-,27+/m1/s1. The van der Waals surface area contributed by atoms with Crippen LogP contribution in [-0.4, -0.2) is 55.3 Å². The number of hydroxylamine groups is 2. The van der Waals surface area contributed by atoms with Gasteiger partial charge in [0.15, 0.2) is 0 Å². The number of ether oxygens (including phenoxy) is 1. The molecule has 8 heteroatoms. The number of para-hydroxylation sites is 1. The number of hydrogen-bond acceptors (Lipinski definition) is 5. The Bertz CT molecular complexity index is 1310. The third kappa shape index (κ3) is 3.78. The van der Waals surface area contributed by atoms with E-state index < -0.39 is 29.1 Å². The predicted octanol–water partition coefficient (Wildman–Crippen LogP) is 4.30. The van der Waals surface area contributed by atoms with Gasteiger partial charge in [-0.2, -0.15) is 0 Å². The van der Waals surface area contributed by atoms with E-state index >= 15 is 0 Å². The third-order valence-electron chi connectivity index (χ3n) is 6.93. The number of benzene rings is 2. The summed E-state index contributed by atoms with van der Waals surface area (Å²) in [5, 5.41) is 12.1. The lowest BCUT2D eigenvalue weighted by atomic mass is 9.79. The van der Waals surface area contributed by atoms with Crippen molar-refractivity contribution in [2.75, 3.05) is 6.54 Å². The number of hydrogen-bond donors (Lipinski definition) is 1. The Labute approximate surface area is 203 Å². The summed E-state index contributed by atoms with van der Waals surface area (Å²) in [7, 11) is 0. The van der Waals surface area contributed by atoms with Gasteiger partial charge in [0.2, 0.25) is 5.91 Å². The highest BCUT2D eigenvalue weighted by Crippen LogP contribution is 2.50. The lowest BCUT2D eigenvalue weighted by molar-refractivity contribution is -0.166. The first-order valence-corrected chi connectivity index (χ1v) is 11.8. The van der Waals surface area contributed by atoms with E-state index in [0.717, 1.165) is 21.6 Å². The number of carbonyl (C=O) groups excluding carboxylic acids is 3. The molecule has 0 bridgehead atoms. The van der Waals surface area contributed by atoms with Gasteiger partial charge in [-0.15, -0.1) is 0 Å². The fourth-order valence-electron chi connectivity index (χ4n) is 5.45. The zero-order valence-electron chi connectivity index (χ0n) is 20.1. The Morgan fingerprint density at radius 2 is 1.77 bits per heavy atom. The monoisotopic (exact) mass is 475 g/mol. The molecule has 0 unspecified atom stereocenters. The average molecular weight is 476 g/mol. The molecule has 1 spiro atoms. The summed E-state index contributed by atoms with van der Waals surface area (Å²) < 4.78 is 7.07. The maximum absolute atomic E-state index is 13.5. The van der Waals surface area contributed by atoms with Gasteiger partial charge in [-0.25, -0.2) is 9.86 Å². The second kappa shape index (κ2) is 8.23. The molecule has 2 saturated heterocycles. The summed E-state index contributed by atoms with van der Waals surface area (Å²) in [6.45, 7) is 5.70. The lowest BCUT2D eigenvalue weighted by Gasteiger charge is -2.37. The molecule has 2 aromatic carbocycles. The normalized spacial score (nSPS) is 22.6. The van der Waals surface area contributed by atoms with E-state index in [1.165, 1.54) is 4.57 Å². The van der Waals surface area contributed by atoms with Crippen LogP contribution in [0.4, 0.5) is 4.79 Å². The van der Waals surface area contributed by atoms with Crippen molar-refractivity contribution >= 4 is 28.8 Å². The van der Waals surface area contributed by atoms with E-state index in [9.17, 15) is 19.6 Å². The number of aromatic nitrogens is 1. The van der Waals surface area contributed by atoms with Gasteiger partial charge in [-0.3, -0.25) is 19.4 Å². The van der Waals surface area contributed by atoms with Crippen molar-refractivity contribution in [3.8, 4) is 0 Å². The maximum atomic E-state index is 13.5. The SMILES string of the molecule is CC(C)(C)OC(=O)n1cc([C@H]2CN(O)C(=O)[C@]23CCC(=O)N3Cc2ccccc2)c2ccccc21. The summed E-state index contributed by atoms with van der Waals surface area (Å²) in [6.07, 6.45) is 1.68. The Morgan fingerprint density at radius 3 is 2.49 bits per heavy atom. The molecule has 2 fully saturated rings. The third-order valence-corrected chi connectivity index (χ3v) is 6.93. The molecule has 0 aliphatic carbocycles. The predicted molar refractivity (Wildman–Crippen MR) is 129 cm³/mol. The Kier molecular flexibility index (Phi) is 5.44. The number of fused-ring (bicyclic) bond motifs is 1. The molecule has 0 radical (unpaired) electrons. The van der Waals surface area contributed by atoms with Crippen LogP contribution in [0.2, 0.25) is 0 Å². The van der Waals surface area contributed by atoms with E-state index in [4.69, 9.17) is 4.74 Å². The van der Waals surface area contributed by atoms with Gasteiger partial charge in [0.25, 0.3) is 5.91 Å². The van der Waals surface area contributed by atoms with Gasteiger partial charge in [0, 0.05) is 30.5 Å². The number of likely N-dealkylation sites (tertiary alicyclic amines) is 1. The molecule has 2 aliphatic heterocycles. The molecule has 8 nitrogen and oxygen atoms in total. The van der Waals surface area contributed by atoms with Crippen LogP contribution >= 0.6 is 0 Å². The van der Waals surface area contributed by atoms with Crippen molar-refractivity contribution in [3.63, 3.8) is 0 Å². The summed E-state index contributed by atoms with van der Waals surface area (Å²) in [6, 6.07) is 16.9. The molecule has 182 valence electrons. The van der Waals surface area contributed by atoms with Crippen LogP contribution in [-0.2, 0) is 20.9 Å². The number of carbonyl (C=O) groups is 3. The van der Waals surface area contributed by atoms with Crippen LogP contribution in [0.25, 0.3) is 10.9 Å². The maximum Gasteiger partial charge on any atom is 0.419 e. The molecule has 1 N–H and O–H groups in total. The molecule has 0 saturated carbocycles. The highest BCUT2D eigenvalue weighted by Gasteiger charge is 2.62. The zero-order chi connectivity index (χ0) is 25.0. The summed E-state index contributed by atoms with van der Waals surface area (Å²) in [5.41, 5.74) is 0.365. The topological polar surface area (TPSA) is 92.1 Å². The first kappa shape index (κ1) is 23.1. The average Bonchev–Trinajstić information content (AvgIpc) is 3.43. The van der Waals surface area contributed by atoms with Crippen LogP contribution in [0.15, 0.2) is 60.8 Å². The molecular formula is C27H29N3O5. The van der Waals surface area contributed by atoms with Crippen molar-refractivity contribution in [3.05, 3.63) is 71.9 Å². The van der Waals surface area contributed by atoms with Crippen LogP contribution in [0.5, 0.6) is 0 Å². The molecule has 3 heterocycles. The summed E-state index contributed by atoms with van der Waals surface area (Å²) in [4.78, 5) is 41.3. The van der Waals surface area contributed by atoms with Gasteiger partial charge in [-0.05, 0) is 44.4 Å². The first-order chi connectivity index (χ1) is 16.6. The van der Waals surface area contributed by atoms with Crippen molar-refractivity contribution < 1.29 is 24.3 Å². The van der Waals surface area contributed by atoms with Crippen LogP contribution in [0.3, 0.4) is 0 Å². The van der Waals surface area contributed by atoms with Crippen LogP contribution in [0.1, 0.15) is 50.7 Å². The molecular weight excluding hydrogens is 446 g/mol. The van der Waals surface area contributed by atoms with Crippen molar-refractivity contribution in [2.45, 2.75) is 57.2 Å². The van der Waals surface area contributed by atoms with Gasteiger partial charge in [0.1, 0.15) is 11.1 Å². The summed E-state index contributed by atoms with van der Waals surface area (Å²) >= 11 is 0. The highest BCUT2D eigenvalue weighted by atomic mass is 16.6. The van der Waals surface area contributed by atoms with E-state index in [-0.39, 0.29) is 25.4 Å². The van der Waals surface area contributed by atoms with Crippen LogP contribution in [0, 0.1) is 0 Å². The van der Waals surface area contributed by atoms with Gasteiger partial charge < -0.3 is 9.64 Å². The number of amides is 2. The van der Waals surface area contributed by atoms with Crippen molar-refractivity contribution in [2.24, 2.45) is 0 Å². The van der Waals surface area contributed by atoms with E-state index in [1.54, 1.807) is 31.9 Å². The Balaban J connectivity index is 1.63. The minimum atomic E-state index is -1.23. The van der Waals surface area contributed by atoms with E-state index in [0.29, 0.717) is 11.9 Å². The van der Waals surface area contributed by atoms with Gasteiger partial charge in [-0.1, -0.05) is 48.5 Å². The van der Waals surface area contributed by atoms with Gasteiger partial charge >= 0.3 is 6.09 Å². The minimum absolute atomic E-state index is 0.0275. The van der Waals surface area contributed by atoms with Gasteiger partial charge in [0.05, 0.1) is 12.1 Å².